The maximum Gasteiger partial charge on any atom is 0.182 e. The van der Waals surface area contributed by atoms with Crippen LogP contribution in [0, 0.1) is 0 Å². The molecule has 8 heteroatoms. The SMILES string of the molecule is CC1(O)CCCN(c2snc(N)c2S(C)(=O)=O)C1. The largest absolute Gasteiger partial charge is 0.388 e. The molecule has 0 spiro atoms. The number of piperidine rings is 1. The summed E-state index contributed by atoms with van der Waals surface area (Å²) in [5, 5.41) is 10.6. The third-order valence-corrected chi connectivity index (χ3v) is 5.19. The fourth-order valence-corrected chi connectivity index (χ4v) is 4.46. The van der Waals surface area contributed by atoms with Gasteiger partial charge in [0.15, 0.2) is 15.7 Å². The van der Waals surface area contributed by atoms with E-state index in [9.17, 15) is 13.5 Å². The highest BCUT2D eigenvalue weighted by atomic mass is 32.2. The topological polar surface area (TPSA) is 96.5 Å². The fourth-order valence-electron chi connectivity index (χ4n) is 2.23. The second-order valence-corrected chi connectivity index (χ2v) is 7.70. The number of β-amino-alcohol motifs (C(OH)–C–C–N with tert-alkyl or cyclic N) is 1. The van der Waals surface area contributed by atoms with E-state index in [1.165, 1.54) is 0 Å². The number of anilines is 2. The van der Waals surface area contributed by atoms with Gasteiger partial charge in [-0.25, -0.2) is 8.42 Å². The Hall–Kier alpha value is -0.860. The van der Waals surface area contributed by atoms with Crippen molar-refractivity contribution in [2.45, 2.75) is 30.3 Å². The first-order valence-corrected chi connectivity index (χ1v) is 8.30. The van der Waals surface area contributed by atoms with Crippen molar-refractivity contribution >= 4 is 32.2 Å². The number of hydrogen-bond donors (Lipinski definition) is 2. The van der Waals surface area contributed by atoms with Crippen molar-refractivity contribution in [3.05, 3.63) is 0 Å². The zero-order valence-electron chi connectivity index (χ0n) is 10.4. The Morgan fingerprint density at radius 1 is 1.56 bits per heavy atom. The third kappa shape index (κ3) is 2.60. The van der Waals surface area contributed by atoms with Crippen LogP contribution in [0.25, 0.3) is 0 Å². The van der Waals surface area contributed by atoms with Crippen LogP contribution in [0.3, 0.4) is 0 Å². The molecule has 1 aliphatic rings. The molecule has 102 valence electrons. The van der Waals surface area contributed by atoms with Crippen LogP contribution in [0.2, 0.25) is 0 Å². The molecule has 1 atom stereocenters. The monoisotopic (exact) mass is 291 g/mol. The van der Waals surface area contributed by atoms with Gasteiger partial charge in [0, 0.05) is 19.3 Å². The highest BCUT2D eigenvalue weighted by Crippen LogP contribution is 2.37. The Bertz CT molecular complexity index is 551. The van der Waals surface area contributed by atoms with Crippen molar-refractivity contribution in [3.8, 4) is 0 Å². The van der Waals surface area contributed by atoms with Crippen LogP contribution in [0.1, 0.15) is 19.8 Å². The van der Waals surface area contributed by atoms with Crippen LogP contribution in [-0.2, 0) is 9.84 Å². The van der Waals surface area contributed by atoms with Gasteiger partial charge in [-0.3, -0.25) is 0 Å². The highest BCUT2D eigenvalue weighted by molar-refractivity contribution is 7.91. The Morgan fingerprint density at radius 2 is 2.22 bits per heavy atom. The summed E-state index contributed by atoms with van der Waals surface area (Å²) in [6.07, 6.45) is 2.65. The molecule has 6 nitrogen and oxygen atoms in total. The lowest BCUT2D eigenvalue weighted by Crippen LogP contribution is -2.46. The van der Waals surface area contributed by atoms with Gasteiger partial charge in [0.1, 0.15) is 9.90 Å². The number of nitrogens with zero attached hydrogens (tertiary/aromatic N) is 2. The first kappa shape index (κ1) is 13.6. The third-order valence-electron chi connectivity index (χ3n) is 2.99. The molecule has 2 heterocycles. The van der Waals surface area contributed by atoms with Gasteiger partial charge < -0.3 is 15.7 Å². The number of aromatic nitrogens is 1. The minimum atomic E-state index is -3.41. The second-order valence-electron chi connectivity index (χ2n) is 5.00. The van der Waals surface area contributed by atoms with Crippen LogP contribution in [0.15, 0.2) is 4.90 Å². The molecule has 0 amide bonds. The molecular weight excluding hydrogens is 274 g/mol. The molecule has 1 unspecified atom stereocenters. The van der Waals surface area contributed by atoms with Crippen molar-refractivity contribution in [2.24, 2.45) is 0 Å². The quantitative estimate of drug-likeness (QED) is 0.822. The van der Waals surface area contributed by atoms with E-state index in [0.717, 1.165) is 24.2 Å². The van der Waals surface area contributed by atoms with Crippen LogP contribution >= 0.6 is 11.5 Å². The average Bonchev–Trinajstić information content (AvgIpc) is 2.58. The van der Waals surface area contributed by atoms with Gasteiger partial charge >= 0.3 is 0 Å². The van der Waals surface area contributed by atoms with E-state index < -0.39 is 15.4 Å². The molecule has 1 saturated heterocycles. The van der Waals surface area contributed by atoms with E-state index >= 15 is 0 Å². The second kappa shape index (κ2) is 4.36. The first-order valence-electron chi connectivity index (χ1n) is 5.63. The normalized spacial score (nSPS) is 25.4. The molecule has 0 aromatic carbocycles. The van der Waals surface area contributed by atoms with E-state index in [1.54, 1.807) is 6.92 Å². The summed E-state index contributed by atoms with van der Waals surface area (Å²) < 4.78 is 27.4. The van der Waals surface area contributed by atoms with Gasteiger partial charge in [-0.2, -0.15) is 4.37 Å². The number of nitrogens with two attached hydrogens (primary N) is 1. The lowest BCUT2D eigenvalue weighted by molar-refractivity contribution is 0.0450. The van der Waals surface area contributed by atoms with Crippen molar-refractivity contribution in [1.82, 2.24) is 4.37 Å². The zero-order valence-corrected chi connectivity index (χ0v) is 12.0. The van der Waals surface area contributed by atoms with Crippen LogP contribution in [0.4, 0.5) is 10.8 Å². The number of hydrogen-bond acceptors (Lipinski definition) is 7. The summed E-state index contributed by atoms with van der Waals surface area (Å²) in [6, 6.07) is 0. The highest BCUT2D eigenvalue weighted by Gasteiger charge is 2.33. The molecule has 0 saturated carbocycles. The molecule has 0 radical (unpaired) electrons. The lowest BCUT2D eigenvalue weighted by atomic mass is 9.95. The van der Waals surface area contributed by atoms with Crippen molar-refractivity contribution in [3.63, 3.8) is 0 Å². The molecular formula is C10H17N3O3S2. The summed E-state index contributed by atoms with van der Waals surface area (Å²) in [5.41, 5.74) is 4.83. The molecule has 2 rings (SSSR count). The van der Waals surface area contributed by atoms with Crippen molar-refractivity contribution in [2.75, 3.05) is 30.0 Å². The summed E-state index contributed by atoms with van der Waals surface area (Å²) in [5.74, 6) is 0.0442. The Labute approximate surface area is 111 Å². The molecule has 18 heavy (non-hydrogen) atoms. The van der Waals surface area contributed by atoms with Gasteiger partial charge in [-0.05, 0) is 31.3 Å². The van der Waals surface area contributed by atoms with Crippen molar-refractivity contribution < 1.29 is 13.5 Å². The zero-order chi connectivity index (χ0) is 13.6. The summed E-state index contributed by atoms with van der Waals surface area (Å²) in [4.78, 5) is 1.94. The molecule has 1 aromatic rings. The molecule has 3 N–H and O–H groups in total. The molecule has 1 fully saturated rings. The fraction of sp³-hybridized carbons (Fsp3) is 0.700. The number of aliphatic hydroxyl groups is 1. The average molecular weight is 291 g/mol. The molecule has 0 aliphatic carbocycles. The lowest BCUT2D eigenvalue weighted by Gasteiger charge is -2.37. The van der Waals surface area contributed by atoms with Gasteiger partial charge in [-0.15, -0.1) is 0 Å². The predicted octanol–water partition coefficient (Wildman–Crippen LogP) is 0.480. The molecule has 1 aromatic heterocycles. The van der Waals surface area contributed by atoms with E-state index in [1.807, 2.05) is 4.90 Å². The summed E-state index contributed by atoms with van der Waals surface area (Å²) in [7, 11) is -3.41. The summed E-state index contributed by atoms with van der Waals surface area (Å²) >= 11 is 1.07. The van der Waals surface area contributed by atoms with E-state index in [4.69, 9.17) is 5.73 Å². The first-order chi connectivity index (χ1) is 8.21. The van der Waals surface area contributed by atoms with Gasteiger partial charge in [-0.1, -0.05) is 0 Å². The Kier molecular flexibility index (Phi) is 3.28. The van der Waals surface area contributed by atoms with Gasteiger partial charge in [0.05, 0.1) is 5.60 Å². The number of rotatable bonds is 2. The maximum absolute atomic E-state index is 11.7. The van der Waals surface area contributed by atoms with Crippen LogP contribution < -0.4 is 10.6 Å². The number of nitrogen functional groups attached to an aromatic ring is 1. The van der Waals surface area contributed by atoms with Gasteiger partial charge in [0.25, 0.3) is 0 Å². The van der Waals surface area contributed by atoms with E-state index in [-0.39, 0.29) is 10.7 Å². The van der Waals surface area contributed by atoms with Crippen LogP contribution in [0.5, 0.6) is 0 Å². The maximum atomic E-state index is 11.7. The minimum Gasteiger partial charge on any atom is -0.388 e. The van der Waals surface area contributed by atoms with E-state index in [2.05, 4.69) is 4.37 Å². The smallest absolute Gasteiger partial charge is 0.182 e. The molecule has 0 bridgehead atoms. The predicted molar refractivity (Wildman–Crippen MR) is 71.7 cm³/mol. The minimum absolute atomic E-state index is 0.0442. The summed E-state index contributed by atoms with van der Waals surface area (Å²) in [6.45, 7) is 2.86. The van der Waals surface area contributed by atoms with Crippen LogP contribution in [-0.4, -0.2) is 42.8 Å². The van der Waals surface area contributed by atoms with E-state index in [0.29, 0.717) is 24.5 Å². The molecule has 1 aliphatic heterocycles. The Morgan fingerprint density at radius 3 is 2.78 bits per heavy atom. The standard InChI is InChI=1S/C10H17N3O3S2/c1-10(14)4-3-5-13(6-10)9-7(18(2,15)16)8(11)12-17-9/h14H,3-6H2,1-2H3,(H2,11,12). The van der Waals surface area contributed by atoms with Gasteiger partial charge in [0.2, 0.25) is 0 Å². The Balaban J connectivity index is 2.41. The number of sulfone groups is 1. The van der Waals surface area contributed by atoms with Crippen molar-refractivity contribution in [1.29, 1.82) is 0 Å².